The molecule has 0 saturated carbocycles. The predicted octanol–water partition coefficient (Wildman–Crippen LogP) is -4.86. The zero-order valence-electron chi connectivity index (χ0n) is 39.7. The first-order valence-electron chi connectivity index (χ1n) is 23.6. The van der Waals surface area contributed by atoms with Gasteiger partial charge >= 0.3 is 5.97 Å². The number of fused-ring (bicyclic) bond motifs is 1. The van der Waals surface area contributed by atoms with Crippen LogP contribution in [0.3, 0.4) is 0 Å². The number of phenols is 4. The van der Waals surface area contributed by atoms with Crippen molar-refractivity contribution in [2.75, 3.05) is 19.8 Å². The number of esters is 1. The largest absolute Gasteiger partial charge is 0.571 e. The van der Waals surface area contributed by atoms with Crippen LogP contribution in [0.2, 0.25) is 0 Å². The summed E-state index contributed by atoms with van der Waals surface area (Å²) in [4.78, 5) is 12.9. The van der Waals surface area contributed by atoms with Gasteiger partial charge in [0.15, 0.2) is 35.4 Å². The second-order valence-electron chi connectivity index (χ2n) is 18.5. The second kappa shape index (κ2) is 23.5. The average Bonchev–Trinajstić information content (AvgIpc) is 3.40. The molecule has 3 aromatic rings. The summed E-state index contributed by atoms with van der Waals surface area (Å²) < 4.78 is 55.6. The van der Waals surface area contributed by atoms with E-state index < -0.39 is 178 Å². The topological polar surface area (TPSA) is 457 Å². The van der Waals surface area contributed by atoms with Gasteiger partial charge in [0.2, 0.25) is 18.9 Å². The highest BCUT2D eigenvalue weighted by molar-refractivity contribution is 5.87. The zero-order chi connectivity index (χ0) is 55.0. The van der Waals surface area contributed by atoms with Crippen molar-refractivity contribution < 1.29 is 139 Å². The van der Waals surface area contributed by atoms with Gasteiger partial charge in [-0.2, -0.15) is 0 Å². The highest BCUT2D eigenvalue weighted by Gasteiger charge is 2.51. The summed E-state index contributed by atoms with van der Waals surface area (Å²) in [5, 5.41) is 178. The maximum Gasteiger partial charge on any atom is 0.331 e. The van der Waals surface area contributed by atoms with Crippen LogP contribution in [-0.2, 0) is 38.0 Å². The lowest BCUT2D eigenvalue weighted by molar-refractivity contribution is -0.325. The molecule has 0 spiro atoms. The summed E-state index contributed by atoms with van der Waals surface area (Å²) in [5.41, 5.74) is 0.341. The molecule has 18 N–H and O–H groups in total. The first-order chi connectivity index (χ1) is 36.1. The fourth-order valence-corrected chi connectivity index (χ4v) is 8.86. The molecule has 4 fully saturated rings. The van der Waals surface area contributed by atoms with Crippen LogP contribution in [0, 0.1) is 0 Å². The van der Waals surface area contributed by atoms with Crippen molar-refractivity contribution in [3.8, 4) is 40.2 Å². The molecule has 5 aliphatic heterocycles. The number of rotatable bonds is 15. The third-order valence-corrected chi connectivity index (χ3v) is 13.2. The fourth-order valence-electron chi connectivity index (χ4n) is 8.86. The van der Waals surface area contributed by atoms with Crippen LogP contribution in [0.25, 0.3) is 12.2 Å². The van der Waals surface area contributed by atoms with E-state index in [1.165, 1.54) is 43.3 Å². The molecule has 5 aliphatic rings. The third-order valence-electron chi connectivity index (χ3n) is 13.2. The van der Waals surface area contributed by atoms with E-state index in [1.54, 1.807) is 0 Å². The van der Waals surface area contributed by atoms with E-state index in [0.29, 0.717) is 5.56 Å². The van der Waals surface area contributed by atoms with E-state index >= 15 is 0 Å². The van der Waals surface area contributed by atoms with Crippen molar-refractivity contribution in [2.45, 2.75) is 136 Å². The number of aromatic hydroxyl groups is 5. The summed E-state index contributed by atoms with van der Waals surface area (Å²) in [7, 11) is 0. The van der Waals surface area contributed by atoms with E-state index in [2.05, 4.69) is 4.74 Å². The average molecular weight is 1080 g/mol. The van der Waals surface area contributed by atoms with Crippen LogP contribution in [0.5, 0.6) is 40.2 Å². The van der Waals surface area contributed by atoms with Crippen molar-refractivity contribution in [3.63, 3.8) is 0 Å². The maximum absolute atomic E-state index is 12.9. The normalized spacial score (nSPS) is 37.6. The van der Waals surface area contributed by atoms with Gasteiger partial charge in [0.05, 0.1) is 37.6 Å². The minimum atomic E-state index is -2.04. The number of hydrogen-bond acceptors (Lipinski definition) is 27. The monoisotopic (exact) mass is 1080 g/mol. The molecule has 76 heavy (non-hydrogen) atoms. The van der Waals surface area contributed by atoms with Gasteiger partial charge in [0.1, 0.15) is 108 Å². The smallest absolute Gasteiger partial charge is 0.331 e. The van der Waals surface area contributed by atoms with Crippen LogP contribution < -0.4 is 9.47 Å². The van der Waals surface area contributed by atoms with Gasteiger partial charge in [-0.05, 0) is 42.8 Å². The molecule has 8 rings (SSSR count). The molecule has 28 heteroatoms. The number of carbonyl (C=O) groups excluding carboxylic acids is 1. The SMILES string of the molecule is CC1OC(OCC2OC(OC3=Cc4c(OC5OC(CO)C(O)C(O)C5O)cc(O)cc4[OH+]C3c3cc(O)c(O)c(O)c3)C(O)C(O)C2O)C(O)C(O)C1OC(=O)C=Cc1ccc(OC2OC(CO)C(O)C(O)C2O)cc1. The number of ether oxygens (including phenoxy) is 10. The molecule has 4 saturated heterocycles. The molecule has 0 amide bonds. The summed E-state index contributed by atoms with van der Waals surface area (Å²) in [6.45, 7) is -0.780. The van der Waals surface area contributed by atoms with Gasteiger partial charge in [0, 0.05) is 18.2 Å². The molecule has 0 aromatic heterocycles. The van der Waals surface area contributed by atoms with Gasteiger partial charge in [-0.1, -0.05) is 12.1 Å². The van der Waals surface area contributed by atoms with E-state index in [-0.39, 0.29) is 34.1 Å². The maximum atomic E-state index is 12.9. The van der Waals surface area contributed by atoms with E-state index in [9.17, 15) is 91.6 Å². The Morgan fingerprint density at radius 1 is 0.605 bits per heavy atom. The van der Waals surface area contributed by atoms with Crippen LogP contribution in [0.1, 0.15) is 29.7 Å². The van der Waals surface area contributed by atoms with Gasteiger partial charge in [-0.15, -0.1) is 0 Å². The predicted molar refractivity (Wildman–Crippen MR) is 246 cm³/mol. The van der Waals surface area contributed by atoms with Crippen LogP contribution in [0.4, 0.5) is 0 Å². The first kappa shape index (κ1) is 56.5. The van der Waals surface area contributed by atoms with Crippen LogP contribution in [-0.4, -0.2) is 240 Å². The number of carbonyl (C=O) groups is 1. The standard InChI is InChI=1S/C48H58O28/c1-16-43(76-30(54)7-4-17-2-5-20(6-3-17)69-46-39(63)35(59)32(56)27(13-49)73-46)38(62)42(66)45(68-16)67-15-29-34(58)37(61)41(65)48(75-29)72-26-12-21-24(70-44(26)18-8-22(52)31(55)23(53)9-18)10-19(51)11-25(21)71-47-40(64)36(60)33(57)28(14-50)74-47/h2-12,16,27-29,32-53,55-66H,13-15H2,1H3/p+1. The summed E-state index contributed by atoms with van der Waals surface area (Å²) in [5.74, 6) is -4.45. The molecule has 0 aliphatic carbocycles. The molecule has 21 unspecified atom stereocenters. The minimum Gasteiger partial charge on any atom is -0.571 e. The van der Waals surface area contributed by atoms with Gasteiger partial charge in [-0.25, -0.2) is 4.79 Å². The number of aliphatic hydroxyl groups excluding tert-OH is 13. The van der Waals surface area contributed by atoms with Crippen molar-refractivity contribution >= 4 is 18.1 Å². The Morgan fingerprint density at radius 2 is 1.13 bits per heavy atom. The highest BCUT2D eigenvalue weighted by Crippen LogP contribution is 2.48. The molecule has 21 atom stereocenters. The minimum absolute atomic E-state index is 0.0365. The number of phenolic OH excluding ortho intramolecular Hbond substituents is 4. The Morgan fingerprint density at radius 3 is 1.71 bits per heavy atom. The zero-order valence-corrected chi connectivity index (χ0v) is 39.7. The van der Waals surface area contributed by atoms with Crippen molar-refractivity contribution in [1.82, 2.24) is 0 Å². The van der Waals surface area contributed by atoms with Crippen LogP contribution in [0.15, 0.2) is 60.4 Å². The Balaban J connectivity index is 0.926. The molecule has 0 bridgehead atoms. The van der Waals surface area contributed by atoms with Crippen molar-refractivity contribution in [2.24, 2.45) is 0 Å². The molecule has 3 aromatic carbocycles. The lowest BCUT2D eigenvalue weighted by Crippen LogP contribution is -2.61. The summed E-state index contributed by atoms with van der Waals surface area (Å²) in [6, 6.07) is 10.1. The van der Waals surface area contributed by atoms with Gasteiger partial charge < -0.3 is 134 Å². The van der Waals surface area contributed by atoms with Crippen molar-refractivity contribution in [1.29, 1.82) is 0 Å². The van der Waals surface area contributed by atoms with Gasteiger partial charge in [0.25, 0.3) is 11.9 Å². The van der Waals surface area contributed by atoms with E-state index in [1.807, 2.05) is 0 Å². The number of benzene rings is 3. The Labute approximate surface area is 429 Å². The second-order valence-corrected chi connectivity index (χ2v) is 18.5. The summed E-state index contributed by atoms with van der Waals surface area (Å²) in [6.07, 6.45) is -31.5. The van der Waals surface area contributed by atoms with E-state index in [4.69, 9.17) is 42.6 Å². The molecule has 28 nitrogen and oxygen atoms in total. The van der Waals surface area contributed by atoms with Crippen LogP contribution >= 0.6 is 0 Å². The summed E-state index contributed by atoms with van der Waals surface area (Å²) >= 11 is 0. The Kier molecular flexibility index (Phi) is 17.5. The highest BCUT2D eigenvalue weighted by atomic mass is 16.7. The molecular weight excluding hydrogens is 1020 g/mol. The third kappa shape index (κ3) is 11.7. The first-order valence-corrected chi connectivity index (χ1v) is 23.6. The molecule has 418 valence electrons. The Hall–Kier alpha value is -5.71. The van der Waals surface area contributed by atoms with Crippen molar-refractivity contribution in [3.05, 3.63) is 77.1 Å². The lowest BCUT2D eigenvalue weighted by atomic mass is 9.98. The molecular formula is C48H59O28+. The molecule has 5 heterocycles. The van der Waals surface area contributed by atoms with Gasteiger partial charge in [-0.3, -0.25) is 0 Å². The lowest BCUT2D eigenvalue weighted by Gasteiger charge is -2.43. The van der Waals surface area contributed by atoms with E-state index in [0.717, 1.165) is 30.3 Å². The Bertz CT molecular complexity index is 2520. The molecule has 0 radical (unpaired) electrons. The number of hydrogen-bond donors (Lipinski definition) is 17. The quantitative estimate of drug-likeness (QED) is 0.0294. The fraction of sp³-hybridized carbons (Fsp3) is 0.521. The number of aliphatic hydroxyl groups is 14.